The van der Waals surface area contributed by atoms with E-state index in [1.165, 1.54) is 42.3 Å². The lowest BCUT2D eigenvalue weighted by Crippen LogP contribution is -2.54. The SMILES string of the molecule is CCN(C#N)c1cc2oc3c4ccc(F)cc4[nH]c(=O)c3c2cc1-c1ccc(OC)c(C(=O)NC(CF)(CF)CF)c1. The van der Waals surface area contributed by atoms with Crippen LogP contribution in [0.2, 0.25) is 0 Å². The highest BCUT2D eigenvalue weighted by atomic mass is 19.2. The zero-order chi connectivity index (χ0) is 30.2. The molecular formula is C30H24F4N4O4. The molecule has 0 aliphatic heterocycles. The van der Waals surface area contributed by atoms with Gasteiger partial charge in [0, 0.05) is 28.9 Å². The molecule has 8 nitrogen and oxygen atoms in total. The number of fused-ring (bicyclic) bond motifs is 5. The number of H-pyrrole nitrogens is 1. The second kappa shape index (κ2) is 11.1. The van der Waals surface area contributed by atoms with Crippen LogP contribution in [0.25, 0.3) is 44.0 Å². The van der Waals surface area contributed by atoms with Crippen molar-refractivity contribution in [2.24, 2.45) is 0 Å². The summed E-state index contributed by atoms with van der Waals surface area (Å²) in [4.78, 5) is 30.3. The fourth-order valence-electron chi connectivity index (χ4n) is 4.87. The van der Waals surface area contributed by atoms with E-state index in [4.69, 9.17) is 9.15 Å². The number of halogens is 4. The number of ether oxygens (including phenoxy) is 1. The number of nitrogens with one attached hydrogen (secondary N) is 2. The molecule has 216 valence electrons. The average Bonchev–Trinajstić information content (AvgIpc) is 3.39. The van der Waals surface area contributed by atoms with E-state index in [1.54, 1.807) is 25.1 Å². The van der Waals surface area contributed by atoms with Crippen molar-refractivity contribution >= 4 is 44.4 Å². The van der Waals surface area contributed by atoms with Gasteiger partial charge in [-0.05, 0) is 48.9 Å². The average molecular weight is 581 g/mol. The Balaban J connectivity index is 1.77. The number of hydrogen-bond acceptors (Lipinski definition) is 6. The fraction of sp³-hybridized carbons (Fsp3) is 0.233. The lowest BCUT2D eigenvalue weighted by Gasteiger charge is -2.26. The number of aromatic nitrogens is 1. The molecule has 0 saturated heterocycles. The summed E-state index contributed by atoms with van der Waals surface area (Å²) >= 11 is 0. The Kier molecular flexibility index (Phi) is 7.51. The molecule has 12 heteroatoms. The van der Waals surface area contributed by atoms with E-state index in [1.807, 2.05) is 0 Å². The van der Waals surface area contributed by atoms with E-state index >= 15 is 0 Å². The number of nitriles is 1. The zero-order valence-electron chi connectivity index (χ0n) is 22.5. The number of benzene rings is 3. The van der Waals surface area contributed by atoms with Crippen LogP contribution in [-0.2, 0) is 0 Å². The Morgan fingerprint density at radius 2 is 1.83 bits per heavy atom. The first-order valence-electron chi connectivity index (χ1n) is 12.8. The van der Waals surface area contributed by atoms with Gasteiger partial charge >= 0.3 is 0 Å². The number of nitrogens with zero attached hydrogens (tertiary/aromatic N) is 2. The van der Waals surface area contributed by atoms with E-state index in [0.29, 0.717) is 27.6 Å². The van der Waals surface area contributed by atoms with Crippen LogP contribution in [0.1, 0.15) is 17.3 Å². The number of carbonyl (C=O) groups excluding carboxylic acids is 1. The first-order valence-corrected chi connectivity index (χ1v) is 12.8. The van der Waals surface area contributed by atoms with E-state index in [2.05, 4.69) is 16.5 Å². The summed E-state index contributed by atoms with van der Waals surface area (Å²) in [7, 11) is 1.30. The van der Waals surface area contributed by atoms with Gasteiger partial charge in [-0.25, -0.2) is 17.6 Å². The molecule has 5 rings (SSSR count). The molecule has 2 N–H and O–H groups in total. The van der Waals surface area contributed by atoms with Crippen molar-refractivity contribution in [2.75, 3.05) is 38.6 Å². The molecule has 1 amide bonds. The predicted molar refractivity (Wildman–Crippen MR) is 151 cm³/mol. The smallest absolute Gasteiger partial charge is 0.260 e. The largest absolute Gasteiger partial charge is 0.496 e. The highest BCUT2D eigenvalue weighted by molar-refractivity contribution is 6.15. The third-order valence-corrected chi connectivity index (χ3v) is 7.14. The van der Waals surface area contributed by atoms with Gasteiger partial charge in [-0.3, -0.25) is 14.5 Å². The summed E-state index contributed by atoms with van der Waals surface area (Å²) in [6.45, 7) is -2.39. The van der Waals surface area contributed by atoms with Gasteiger partial charge in [-0.2, -0.15) is 5.26 Å². The Morgan fingerprint density at radius 1 is 1.10 bits per heavy atom. The van der Waals surface area contributed by atoms with E-state index < -0.39 is 42.8 Å². The highest BCUT2D eigenvalue weighted by Crippen LogP contribution is 2.40. The van der Waals surface area contributed by atoms with Gasteiger partial charge in [0.1, 0.15) is 48.3 Å². The third kappa shape index (κ3) is 4.66. The number of hydrogen-bond donors (Lipinski definition) is 2. The normalized spacial score (nSPS) is 11.6. The molecule has 0 spiro atoms. The van der Waals surface area contributed by atoms with Crippen LogP contribution in [0.15, 0.2) is 57.7 Å². The number of anilines is 1. The molecule has 5 aromatic rings. The molecule has 0 radical (unpaired) electrons. The number of pyridine rings is 1. The standard InChI is InChI=1S/C30H24F4N4O4/c1-3-38(15-35)23-11-25-20(26-27(42-25)18-6-5-17(34)9-22(18)36-29(26)40)10-19(23)16-4-7-24(41-2)21(8-16)28(39)37-30(12-31,13-32)14-33/h4-11H,3,12-14H2,1-2H3,(H,36,40)(H,37,39). The summed E-state index contributed by atoms with van der Waals surface area (Å²) in [6, 6.07) is 11.5. The molecule has 0 saturated carbocycles. The van der Waals surface area contributed by atoms with Gasteiger partial charge in [0.25, 0.3) is 11.5 Å². The zero-order valence-corrected chi connectivity index (χ0v) is 22.5. The minimum atomic E-state index is -2.34. The first-order chi connectivity index (χ1) is 20.2. The van der Waals surface area contributed by atoms with Crippen LogP contribution in [0.5, 0.6) is 5.75 Å². The van der Waals surface area contributed by atoms with Gasteiger partial charge in [-0.15, -0.1) is 0 Å². The number of alkyl halides is 3. The van der Waals surface area contributed by atoms with E-state index in [-0.39, 0.29) is 39.9 Å². The summed E-state index contributed by atoms with van der Waals surface area (Å²) in [5, 5.41) is 13.0. The number of furan rings is 1. The van der Waals surface area contributed by atoms with Crippen molar-refractivity contribution in [3.8, 4) is 23.1 Å². The molecule has 0 atom stereocenters. The second-order valence-electron chi connectivity index (χ2n) is 9.71. The van der Waals surface area contributed by atoms with Crippen molar-refractivity contribution in [2.45, 2.75) is 12.5 Å². The third-order valence-electron chi connectivity index (χ3n) is 7.14. The van der Waals surface area contributed by atoms with Crippen LogP contribution in [0.3, 0.4) is 0 Å². The summed E-state index contributed by atoms with van der Waals surface area (Å²) in [5.41, 5.74) is -1.08. The van der Waals surface area contributed by atoms with Crippen molar-refractivity contribution in [1.29, 1.82) is 5.26 Å². The van der Waals surface area contributed by atoms with Gasteiger partial charge in [0.05, 0.1) is 29.3 Å². The van der Waals surface area contributed by atoms with Gasteiger partial charge in [0.15, 0.2) is 6.19 Å². The van der Waals surface area contributed by atoms with Gasteiger partial charge in [-0.1, -0.05) is 6.07 Å². The summed E-state index contributed by atoms with van der Waals surface area (Å²) < 4.78 is 65.7. The topological polar surface area (TPSA) is 111 Å². The number of aromatic amines is 1. The highest BCUT2D eigenvalue weighted by Gasteiger charge is 2.34. The Morgan fingerprint density at radius 3 is 2.48 bits per heavy atom. The van der Waals surface area contributed by atoms with Crippen LogP contribution in [0.4, 0.5) is 23.2 Å². The van der Waals surface area contributed by atoms with Crippen LogP contribution in [-0.4, -0.2) is 50.1 Å². The predicted octanol–water partition coefficient (Wildman–Crippen LogP) is 5.93. The molecule has 42 heavy (non-hydrogen) atoms. The number of amides is 1. The monoisotopic (exact) mass is 580 g/mol. The van der Waals surface area contributed by atoms with Gasteiger partial charge in [0.2, 0.25) is 0 Å². The molecule has 2 heterocycles. The molecule has 0 aliphatic rings. The maximum atomic E-state index is 13.8. The molecule has 0 fully saturated rings. The van der Waals surface area contributed by atoms with Gasteiger partial charge < -0.3 is 19.5 Å². The van der Waals surface area contributed by atoms with E-state index in [9.17, 15) is 32.4 Å². The minimum Gasteiger partial charge on any atom is -0.496 e. The second-order valence-corrected chi connectivity index (χ2v) is 9.71. The summed E-state index contributed by atoms with van der Waals surface area (Å²) in [6.07, 6.45) is 2.09. The molecule has 0 bridgehead atoms. The van der Waals surface area contributed by atoms with Crippen LogP contribution < -0.4 is 20.5 Å². The summed E-state index contributed by atoms with van der Waals surface area (Å²) in [5.74, 6) is -1.45. The number of carbonyl (C=O) groups is 1. The molecule has 3 aromatic carbocycles. The first kappa shape index (κ1) is 28.5. The lowest BCUT2D eigenvalue weighted by atomic mass is 9.97. The lowest BCUT2D eigenvalue weighted by molar-refractivity contribution is 0.0807. The molecule has 0 unspecified atom stereocenters. The van der Waals surface area contributed by atoms with E-state index in [0.717, 1.165) is 0 Å². The number of methoxy groups -OCH3 is 1. The fourth-order valence-corrected chi connectivity index (χ4v) is 4.87. The minimum absolute atomic E-state index is 0.0564. The quantitative estimate of drug-likeness (QED) is 0.127. The van der Waals surface area contributed by atoms with Crippen molar-refractivity contribution < 1.29 is 31.5 Å². The number of rotatable bonds is 9. The van der Waals surface area contributed by atoms with Crippen molar-refractivity contribution in [3.63, 3.8) is 0 Å². The van der Waals surface area contributed by atoms with Crippen molar-refractivity contribution in [1.82, 2.24) is 10.3 Å². The Bertz CT molecular complexity index is 1930. The Hall–Kier alpha value is -5.05. The van der Waals surface area contributed by atoms with Crippen LogP contribution in [0, 0.1) is 17.3 Å². The Labute approximate surface area is 236 Å². The molecule has 2 aromatic heterocycles. The van der Waals surface area contributed by atoms with Crippen molar-refractivity contribution in [3.05, 3.63) is 70.3 Å². The maximum Gasteiger partial charge on any atom is 0.260 e. The maximum absolute atomic E-state index is 13.8. The molecular weight excluding hydrogens is 556 g/mol. The van der Waals surface area contributed by atoms with Crippen LogP contribution >= 0.6 is 0 Å². The molecule has 0 aliphatic carbocycles.